The van der Waals surface area contributed by atoms with Crippen molar-refractivity contribution in [1.82, 2.24) is 15.4 Å². The third-order valence-corrected chi connectivity index (χ3v) is 3.65. The molecule has 4 rings (SSSR count). The number of aromatic hydroxyl groups is 1. The zero-order valence-corrected chi connectivity index (χ0v) is 12.2. The maximum absolute atomic E-state index is 10.4. The second-order valence-electron chi connectivity index (χ2n) is 5.24. The van der Waals surface area contributed by atoms with Crippen LogP contribution in [0.5, 0.6) is 5.75 Å². The first-order valence-corrected chi connectivity index (χ1v) is 7.28. The first-order valence-electron chi connectivity index (χ1n) is 7.28. The molecule has 0 fully saturated rings. The number of hydrogen-bond acceptors (Lipinski definition) is 6. The van der Waals surface area contributed by atoms with Crippen LogP contribution in [0, 0.1) is 0 Å². The molecule has 2 aromatic heterocycles. The number of aromatic nitrogens is 2. The molecule has 0 radical (unpaired) electrons. The van der Waals surface area contributed by atoms with Gasteiger partial charge in [-0.25, -0.2) is 4.98 Å². The monoisotopic (exact) mass is 306 g/mol. The fourth-order valence-electron chi connectivity index (χ4n) is 2.53. The summed E-state index contributed by atoms with van der Waals surface area (Å²) in [5, 5.41) is 15.3. The molecule has 0 saturated carbocycles. The number of hydrazone groups is 1. The molecule has 3 heterocycles. The van der Waals surface area contributed by atoms with E-state index >= 15 is 0 Å². The van der Waals surface area contributed by atoms with Gasteiger partial charge in [-0.2, -0.15) is 0 Å². The molecular formula is C17H14N4O2. The summed E-state index contributed by atoms with van der Waals surface area (Å²) in [6.07, 6.45) is 3.65. The molecule has 1 aliphatic heterocycles. The van der Waals surface area contributed by atoms with Gasteiger partial charge in [0.05, 0.1) is 0 Å². The lowest BCUT2D eigenvalue weighted by molar-refractivity contribution is 0.187. The molecule has 114 valence electrons. The van der Waals surface area contributed by atoms with Crippen LogP contribution in [0.3, 0.4) is 0 Å². The first kappa shape index (κ1) is 13.5. The summed E-state index contributed by atoms with van der Waals surface area (Å²) in [6.45, 7) is 0. The molecular weight excluding hydrogens is 292 g/mol. The lowest BCUT2D eigenvalue weighted by Crippen LogP contribution is -2.24. The van der Waals surface area contributed by atoms with Crippen molar-refractivity contribution in [2.75, 3.05) is 0 Å². The van der Waals surface area contributed by atoms with E-state index in [1.54, 1.807) is 18.5 Å². The number of hydrogen-bond donors (Lipinski definition) is 2. The smallest absolute Gasteiger partial charge is 0.262 e. The van der Waals surface area contributed by atoms with Crippen LogP contribution < -0.4 is 5.43 Å². The summed E-state index contributed by atoms with van der Waals surface area (Å²) in [5.74, 6) is 0.250. The van der Waals surface area contributed by atoms with Crippen molar-refractivity contribution in [3.05, 3.63) is 66.1 Å². The highest BCUT2D eigenvalue weighted by Crippen LogP contribution is 2.26. The highest BCUT2D eigenvalue weighted by atomic mass is 16.5. The van der Waals surface area contributed by atoms with Gasteiger partial charge >= 0.3 is 0 Å². The van der Waals surface area contributed by atoms with E-state index in [-0.39, 0.29) is 17.9 Å². The van der Waals surface area contributed by atoms with Crippen molar-refractivity contribution in [3.8, 4) is 5.75 Å². The van der Waals surface area contributed by atoms with Crippen LogP contribution in [0.15, 0.2) is 60.0 Å². The van der Waals surface area contributed by atoms with Gasteiger partial charge in [0.2, 0.25) is 0 Å². The Morgan fingerprint density at radius 1 is 1.09 bits per heavy atom. The van der Waals surface area contributed by atoms with Crippen molar-refractivity contribution in [3.63, 3.8) is 0 Å². The van der Waals surface area contributed by atoms with Crippen LogP contribution in [0.2, 0.25) is 0 Å². The van der Waals surface area contributed by atoms with Gasteiger partial charge in [-0.05, 0) is 17.7 Å². The van der Waals surface area contributed by atoms with Gasteiger partial charge in [-0.3, -0.25) is 10.4 Å². The Morgan fingerprint density at radius 2 is 1.96 bits per heavy atom. The van der Waals surface area contributed by atoms with E-state index < -0.39 is 0 Å². The molecule has 0 bridgehead atoms. The summed E-state index contributed by atoms with van der Waals surface area (Å²) < 4.78 is 5.77. The van der Waals surface area contributed by atoms with Gasteiger partial charge in [-0.15, -0.1) is 5.10 Å². The van der Waals surface area contributed by atoms with E-state index in [0.29, 0.717) is 17.6 Å². The second-order valence-corrected chi connectivity index (χ2v) is 5.24. The van der Waals surface area contributed by atoms with Crippen LogP contribution in [0.25, 0.3) is 10.9 Å². The molecule has 6 heteroatoms. The number of nitrogens with one attached hydrogen (secondary N) is 1. The van der Waals surface area contributed by atoms with Gasteiger partial charge in [0, 0.05) is 24.2 Å². The number of nitrogens with zero attached hydrogens (tertiary/aromatic N) is 3. The second kappa shape index (κ2) is 5.57. The molecule has 23 heavy (non-hydrogen) atoms. The summed E-state index contributed by atoms with van der Waals surface area (Å²) in [4.78, 5) is 8.42. The zero-order valence-electron chi connectivity index (χ0n) is 12.2. The molecule has 3 aromatic rings. The largest absolute Gasteiger partial charge is 0.504 e. The lowest BCUT2D eigenvalue weighted by atomic mass is 10.1. The molecule has 0 amide bonds. The predicted octanol–water partition coefficient (Wildman–Crippen LogP) is 2.19. The van der Waals surface area contributed by atoms with Crippen molar-refractivity contribution in [2.45, 2.75) is 12.6 Å². The first-order chi connectivity index (χ1) is 11.3. The fraction of sp³-hybridized carbons (Fsp3) is 0.118. The Labute approximate surface area is 132 Å². The Bertz CT molecular complexity index is 880. The predicted molar refractivity (Wildman–Crippen MR) is 85.9 cm³/mol. The Balaban J connectivity index is 1.57. The van der Waals surface area contributed by atoms with Crippen LogP contribution in [-0.4, -0.2) is 27.2 Å². The summed E-state index contributed by atoms with van der Waals surface area (Å²) >= 11 is 0. The maximum atomic E-state index is 10.4. The molecule has 2 N–H and O–H groups in total. The minimum absolute atomic E-state index is 0.0241. The van der Waals surface area contributed by atoms with Gasteiger partial charge in [0.1, 0.15) is 5.52 Å². The number of rotatable bonds is 3. The third kappa shape index (κ3) is 2.55. The van der Waals surface area contributed by atoms with Crippen molar-refractivity contribution in [2.24, 2.45) is 5.10 Å². The normalized spacial score (nSPS) is 16.7. The molecule has 1 atom stereocenters. The van der Waals surface area contributed by atoms with E-state index in [1.165, 1.54) is 0 Å². The topological polar surface area (TPSA) is 79.6 Å². The average Bonchev–Trinajstić information content (AvgIpc) is 3.04. The van der Waals surface area contributed by atoms with Crippen LogP contribution in [0.1, 0.15) is 11.3 Å². The molecule has 6 nitrogen and oxygen atoms in total. The number of pyridine rings is 2. The third-order valence-electron chi connectivity index (χ3n) is 3.65. The highest BCUT2D eigenvalue weighted by molar-refractivity contribution is 6.00. The molecule has 1 aromatic carbocycles. The van der Waals surface area contributed by atoms with Gasteiger partial charge in [0.25, 0.3) is 5.90 Å². The fourth-order valence-corrected chi connectivity index (χ4v) is 2.53. The Morgan fingerprint density at radius 3 is 2.83 bits per heavy atom. The molecule has 0 saturated heterocycles. The average molecular weight is 306 g/mol. The lowest BCUT2D eigenvalue weighted by Gasteiger charge is -2.11. The summed E-state index contributed by atoms with van der Waals surface area (Å²) in [5.41, 5.74) is 4.83. The van der Waals surface area contributed by atoms with Crippen molar-refractivity contribution in [1.29, 1.82) is 0 Å². The Kier molecular flexibility index (Phi) is 3.27. The SMILES string of the molecule is Oc1c(C2=NNC(Cc3ccccc3)O2)ncc2cccnc12. The molecule has 0 aliphatic carbocycles. The van der Waals surface area contributed by atoms with Crippen LogP contribution >= 0.6 is 0 Å². The minimum atomic E-state index is -0.284. The quantitative estimate of drug-likeness (QED) is 0.775. The van der Waals surface area contributed by atoms with E-state index in [1.807, 2.05) is 36.4 Å². The van der Waals surface area contributed by atoms with Crippen LogP contribution in [-0.2, 0) is 11.2 Å². The standard InChI is InChI=1S/C17H14N4O2/c22-16-14-12(7-4-8-18-14)10-19-15(16)17-21-20-13(23-17)9-11-5-2-1-3-6-11/h1-8,10,13,20,22H,9H2. The van der Waals surface area contributed by atoms with Crippen molar-refractivity contribution >= 4 is 16.8 Å². The van der Waals surface area contributed by atoms with Crippen LogP contribution in [0.4, 0.5) is 0 Å². The van der Waals surface area contributed by atoms with Crippen molar-refractivity contribution < 1.29 is 9.84 Å². The summed E-state index contributed by atoms with van der Waals surface area (Å²) in [6, 6.07) is 13.6. The zero-order chi connectivity index (χ0) is 15.6. The number of fused-ring (bicyclic) bond motifs is 1. The van der Waals surface area contributed by atoms with Gasteiger partial charge in [-0.1, -0.05) is 30.3 Å². The number of benzene rings is 1. The molecule has 1 aliphatic rings. The van der Waals surface area contributed by atoms with Gasteiger partial charge in [0.15, 0.2) is 17.7 Å². The minimum Gasteiger partial charge on any atom is -0.504 e. The van der Waals surface area contributed by atoms with E-state index in [2.05, 4.69) is 20.5 Å². The maximum Gasteiger partial charge on any atom is 0.262 e. The summed E-state index contributed by atoms with van der Waals surface area (Å²) in [7, 11) is 0. The van der Waals surface area contributed by atoms with E-state index in [9.17, 15) is 5.11 Å². The van der Waals surface area contributed by atoms with E-state index in [0.717, 1.165) is 10.9 Å². The molecule has 0 spiro atoms. The Hall–Kier alpha value is -3.15. The number of ether oxygens (including phenoxy) is 1. The van der Waals surface area contributed by atoms with E-state index in [4.69, 9.17) is 4.74 Å². The highest BCUT2D eigenvalue weighted by Gasteiger charge is 2.25. The van der Waals surface area contributed by atoms with Gasteiger partial charge < -0.3 is 9.84 Å². The molecule has 1 unspecified atom stereocenters.